The number of hydrogen-bond acceptors (Lipinski definition) is 6. The van der Waals surface area contributed by atoms with Crippen LogP contribution in [0, 0.1) is 5.92 Å². The first kappa shape index (κ1) is 16.5. The topological polar surface area (TPSA) is 113 Å². The molecule has 1 aliphatic carbocycles. The fourth-order valence-corrected chi connectivity index (χ4v) is 3.83. The van der Waals surface area contributed by atoms with Gasteiger partial charge >= 0.3 is 0 Å². The molecule has 2 heterocycles. The second-order valence-corrected chi connectivity index (χ2v) is 7.14. The molecule has 1 aromatic rings. The molecule has 1 amide bonds. The summed E-state index contributed by atoms with van der Waals surface area (Å²) in [7, 11) is 0. The second kappa shape index (κ2) is 6.64. The first-order valence-corrected chi connectivity index (χ1v) is 8.67. The zero-order valence-electron chi connectivity index (χ0n) is 13.3. The molecule has 3 rings (SSSR count). The van der Waals surface area contributed by atoms with Gasteiger partial charge in [0.1, 0.15) is 5.69 Å². The van der Waals surface area contributed by atoms with E-state index in [-0.39, 0.29) is 28.6 Å². The van der Waals surface area contributed by atoms with E-state index >= 15 is 0 Å². The van der Waals surface area contributed by atoms with Crippen LogP contribution in [0.4, 0.5) is 0 Å². The number of H-pyrrole nitrogens is 1. The molecule has 2 aliphatic rings. The summed E-state index contributed by atoms with van der Waals surface area (Å²) in [5, 5.41) is 3.44. The van der Waals surface area contributed by atoms with Gasteiger partial charge in [-0.15, -0.1) is 0 Å². The molecule has 0 fully saturated rings. The maximum atomic E-state index is 12.2. The Morgan fingerprint density at radius 2 is 2.38 bits per heavy atom. The quantitative estimate of drug-likeness (QED) is 0.761. The number of amides is 1. The van der Waals surface area contributed by atoms with Crippen molar-refractivity contribution in [2.75, 3.05) is 5.75 Å². The molecule has 0 saturated carbocycles. The third kappa shape index (κ3) is 3.59. The summed E-state index contributed by atoms with van der Waals surface area (Å²) in [5.74, 6) is 0.749. The van der Waals surface area contributed by atoms with Crippen LogP contribution in [-0.2, 0) is 0 Å². The fourth-order valence-electron chi connectivity index (χ4n) is 2.83. The molecular weight excluding hydrogens is 326 g/mol. The van der Waals surface area contributed by atoms with Gasteiger partial charge in [0.05, 0.1) is 11.7 Å². The van der Waals surface area contributed by atoms with Crippen molar-refractivity contribution in [3.8, 4) is 0 Å². The summed E-state index contributed by atoms with van der Waals surface area (Å²) in [4.78, 5) is 34.1. The van der Waals surface area contributed by atoms with E-state index in [4.69, 9.17) is 5.73 Å². The number of rotatable bonds is 3. The van der Waals surface area contributed by atoms with Gasteiger partial charge in [0.2, 0.25) is 0 Å². The third-order valence-electron chi connectivity index (χ3n) is 4.25. The minimum Gasteiger partial charge on any atom is -0.379 e. The minimum atomic E-state index is -0.366. The van der Waals surface area contributed by atoms with Crippen LogP contribution in [0.1, 0.15) is 30.3 Å². The van der Waals surface area contributed by atoms with E-state index in [1.54, 1.807) is 11.8 Å². The predicted octanol–water partition coefficient (Wildman–Crippen LogP) is 1.17. The first-order chi connectivity index (χ1) is 11.5. The number of allylic oxidation sites excluding steroid dienone is 2. The van der Waals surface area contributed by atoms with Crippen LogP contribution in [0.3, 0.4) is 0 Å². The average Bonchev–Trinajstić information content (AvgIpc) is 2.55. The molecule has 0 bridgehead atoms. The van der Waals surface area contributed by atoms with Crippen molar-refractivity contribution in [1.29, 1.82) is 0 Å². The van der Waals surface area contributed by atoms with E-state index in [9.17, 15) is 9.59 Å². The molecule has 2 atom stereocenters. The van der Waals surface area contributed by atoms with E-state index in [1.165, 1.54) is 6.20 Å². The Kier molecular flexibility index (Phi) is 4.57. The highest BCUT2D eigenvalue weighted by Crippen LogP contribution is 2.37. The summed E-state index contributed by atoms with van der Waals surface area (Å²) in [6.07, 6.45) is 10.1. The maximum absolute atomic E-state index is 12.2. The van der Waals surface area contributed by atoms with Crippen LogP contribution in [-0.4, -0.2) is 32.3 Å². The summed E-state index contributed by atoms with van der Waals surface area (Å²) < 4.78 is 0. The number of nitrogens with one attached hydrogen (secondary N) is 2. The Balaban J connectivity index is 1.76. The molecule has 126 valence electrons. The summed E-state index contributed by atoms with van der Waals surface area (Å²) in [6, 6.07) is 0. The molecule has 24 heavy (non-hydrogen) atoms. The lowest BCUT2D eigenvalue weighted by atomic mass is 9.79. The fraction of sp³-hybridized carbons (Fsp3) is 0.375. The minimum absolute atomic E-state index is 0.161. The zero-order valence-corrected chi connectivity index (χ0v) is 14.1. The molecule has 0 radical (unpaired) electrons. The highest BCUT2D eigenvalue weighted by molar-refractivity contribution is 8.13. The van der Waals surface area contributed by atoms with Crippen molar-refractivity contribution in [3.05, 3.63) is 52.4 Å². The molecule has 0 saturated heterocycles. The van der Waals surface area contributed by atoms with E-state index in [1.807, 2.05) is 18.2 Å². The van der Waals surface area contributed by atoms with Crippen LogP contribution < -0.4 is 16.6 Å². The zero-order chi connectivity index (χ0) is 17.2. The second-order valence-electron chi connectivity index (χ2n) is 6.02. The molecule has 1 aromatic heterocycles. The number of hydrogen-bond donors (Lipinski definition) is 3. The van der Waals surface area contributed by atoms with Gasteiger partial charge in [-0.05, 0) is 25.8 Å². The predicted molar refractivity (Wildman–Crippen MR) is 94.8 cm³/mol. The van der Waals surface area contributed by atoms with Crippen LogP contribution >= 0.6 is 11.8 Å². The number of nitrogens with zero attached hydrogens (tertiary/aromatic N) is 2. The smallest absolute Gasteiger partial charge is 0.275 e. The Bertz CT molecular complexity index is 777. The van der Waals surface area contributed by atoms with Crippen molar-refractivity contribution >= 4 is 22.8 Å². The van der Waals surface area contributed by atoms with Crippen molar-refractivity contribution < 1.29 is 4.79 Å². The van der Waals surface area contributed by atoms with E-state index in [0.29, 0.717) is 10.9 Å². The lowest BCUT2D eigenvalue weighted by Gasteiger charge is -2.36. The number of carbonyl (C=O) groups excluding carboxylic acids is 1. The molecule has 0 spiro atoms. The largest absolute Gasteiger partial charge is 0.379 e. The third-order valence-corrected chi connectivity index (χ3v) is 5.05. The van der Waals surface area contributed by atoms with Crippen molar-refractivity contribution in [2.45, 2.75) is 25.3 Å². The Morgan fingerprint density at radius 1 is 1.54 bits per heavy atom. The average molecular weight is 345 g/mol. The monoisotopic (exact) mass is 345 g/mol. The molecule has 1 unspecified atom stereocenters. The summed E-state index contributed by atoms with van der Waals surface area (Å²) in [5.41, 5.74) is 6.15. The molecule has 8 heteroatoms. The normalized spacial score (nSPS) is 26.5. The Labute approximate surface area is 143 Å². The number of aliphatic imine (C=N–C) groups is 1. The molecule has 4 N–H and O–H groups in total. The van der Waals surface area contributed by atoms with E-state index in [2.05, 4.69) is 27.2 Å². The molecular formula is C16H19N5O2S. The number of amidine groups is 1. The highest BCUT2D eigenvalue weighted by Gasteiger charge is 2.35. The van der Waals surface area contributed by atoms with Gasteiger partial charge < -0.3 is 16.0 Å². The SMILES string of the molecule is C[C@@]1(C2C=C(NC(=O)c3c[nH]c(=O)cn3)C=CC2)CCSC(N)=N1. The van der Waals surface area contributed by atoms with Gasteiger partial charge in [-0.3, -0.25) is 14.6 Å². The van der Waals surface area contributed by atoms with Gasteiger partial charge in [-0.2, -0.15) is 0 Å². The van der Waals surface area contributed by atoms with Crippen molar-refractivity contribution in [2.24, 2.45) is 16.6 Å². The van der Waals surface area contributed by atoms with Crippen molar-refractivity contribution in [3.63, 3.8) is 0 Å². The molecule has 0 aromatic carbocycles. The maximum Gasteiger partial charge on any atom is 0.275 e. The molecule has 1 aliphatic heterocycles. The van der Waals surface area contributed by atoms with Gasteiger partial charge in [0.25, 0.3) is 11.5 Å². The first-order valence-electron chi connectivity index (χ1n) is 7.69. The van der Waals surface area contributed by atoms with E-state index in [0.717, 1.165) is 24.8 Å². The lowest BCUT2D eigenvalue weighted by molar-refractivity contribution is 0.0961. The van der Waals surface area contributed by atoms with Crippen molar-refractivity contribution in [1.82, 2.24) is 15.3 Å². The van der Waals surface area contributed by atoms with Crippen LogP contribution in [0.2, 0.25) is 0 Å². The number of nitrogens with two attached hydrogens (primary N) is 1. The van der Waals surface area contributed by atoms with Crippen LogP contribution in [0.15, 0.2) is 46.1 Å². The lowest BCUT2D eigenvalue weighted by Crippen LogP contribution is -2.38. The number of aromatic amines is 1. The van der Waals surface area contributed by atoms with Crippen LogP contribution in [0.25, 0.3) is 0 Å². The number of aromatic nitrogens is 2. The van der Waals surface area contributed by atoms with Gasteiger partial charge in [-0.1, -0.05) is 23.9 Å². The highest BCUT2D eigenvalue weighted by atomic mass is 32.2. The van der Waals surface area contributed by atoms with Gasteiger partial charge in [-0.25, -0.2) is 4.98 Å². The summed E-state index contributed by atoms with van der Waals surface area (Å²) in [6.45, 7) is 2.10. The Morgan fingerprint density at radius 3 is 3.08 bits per heavy atom. The number of thioether (sulfide) groups is 1. The van der Waals surface area contributed by atoms with Crippen LogP contribution in [0.5, 0.6) is 0 Å². The van der Waals surface area contributed by atoms with Gasteiger partial charge in [0.15, 0.2) is 5.17 Å². The van der Waals surface area contributed by atoms with E-state index < -0.39 is 0 Å². The molecule has 7 nitrogen and oxygen atoms in total. The standard InChI is InChI=1S/C16H19N5O2S/c1-16(5-6-24-15(17)21-16)10-3-2-4-11(7-10)20-14(23)12-8-19-13(22)9-18-12/h2,4,7-10H,3,5-6H2,1H3,(H2,17,21)(H,19,22)(H,20,23)/t10?,16-/m0/s1. The Hall–Kier alpha value is -2.35. The summed E-state index contributed by atoms with van der Waals surface area (Å²) >= 11 is 1.58. The van der Waals surface area contributed by atoms with Gasteiger partial charge in [0, 0.05) is 23.6 Å². The number of carbonyl (C=O) groups is 1.